The molecule has 2 aromatic carbocycles. The summed E-state index contributed by atoms with van der Waals surface area (Å²) >= 11 is 0. The Labute approximate surface area is 449 Å². The third-order valence-electron chi connectivity index (χ3n) is 14.7. The minimum atomic E-state index is 0. The van der Waals surface area contributed by atoms with Crippen molar-refractivity contribution < 1.29 is 21.2 Å². The quantitative estimate of drug-likeness (QED) is 0.0275. The molecule has 0 unspecified atom stereocenters. The van der Waals surface area contributed by atoms with E-state index in [0.717, 1.165) is 81.2 Å². The Morgan fingerprint density at radius 3 is 1.06 bits per heavy atom. The summed E-state index contributed by atoms with van der Waals surface area (Å²) in [6, 6.07) is 9.63. The molecule has 2 nitrogen and oxygen atoms in total. The molecule has 0 amide bonds. The molecule has 1 aliphatic heterocycles. The summed E-state index contributed by atoms with van der Waals surface area (Å²) in [4.78, 5) is 0. The van der Waals surface area contributed by atoms with Gasteiger partial charge in [0.2, 0.25) is 11.4 Å². The number of hydrogen-bond donors (Lipinski definition) is 0. The zero-order chi connectivity index (χ0) is 50.7. The first-order valence-corrected chi connectivity index (χ1v) is 30.6. The Morgan fingerprint density at radius 1 is 0.357 bits per heavy atom. The van der Waals surface area contributed by atoms with Crippen molar-refractivity contribution in [2.45, 2.75) is 319 Å². The standard InChI is InChI=1S/C41H62N2.2C13H27.Ni/c1-8-15-19-23-33-28-37(29-34(24-20-16-9-2)39(33)25-21-17-10-3)41-35(22-18-11-4)30-40(43(41)42)36-26-31(12-5)38(14-7)32(13-6)27-36;2*1-3-5-7-9-11-13-12-10-8-6-4-2;/h26-30H,8-25H2,1-7H3;2*1,3-13H2,2H3;/q;2*-1;+2. The smallest absolute Gasteiger partial charge is 0.493 e. The average Bonchev–Trinajstić information content (AvgIpc) is 3.70. The molecule has 0 saturated heterocycles. The van der Waals surface area contributed by atoms with Gasteiger partial charge >= 0.3 is 16.5 Å². The number of nitrogens with zero attached hydrogens (tertiary/aromatic N) is 2. The Morgan fingerprint density at radius 2 is 0.700 bits per heavy atom. The second kappa shape index (κ2) is 46.8. The van der Waals surface area contributed by atoms with Crippen molar-refractivity contribution >= 4 is 11.4 Å². The molecule has 1 aliphatic rings. The van der Waals surface area contributed by atoms with E-state index in [4.69, 9.17) is 0 Å². The number of unbranched alkanes of at least 4 members (excludes halogenated alkanes) is 27. The van der Waals surface area contributed by atoms with E-state index < -0.39 is 0 Å². The maximum Gasteiger partial charge on any atom is 2.00 e. The second-order valence-corrected chi connectivity index (χ2v) is 20.9. The summed E-state index contributed by atoms with van der Waals surface area (Å²) in [5.74, 6) is 0. The van der Waals surface area contributed by atoms with Gasteiger partial charge in [-0.1, -0.05) is 236 Å². The molecular formula is C67H116N2Ni. The third-order valence-corrected chi connectivity index (χ3v) is 14.7. The van der Waals surface area contributed by atoms with Gasteiger partial charge in [0.25, 0.3) is 0 Å². The zero-order valence-electron chi connectivity index (χ0n) is 48.3. The van der Waals surface area contributed by atoms with Crippen LogP contribution < -0.4 is 0 Å². The summed E-state index contributed by atoms with van der Waals surface area (Å²) in [5.41, 5.74) is 26.7. The first-order chi connectivity index (χ1) is 33.8. The predicted molar refractivity (Wildman–Crippen MR) is 312 cm³/mol. The van der Waals surface area contributed by atoms with Crippen molar-refractivity contribution in [3.63, 3.8) is 0 Å². The summed E-state index contributed by atoms with van der Waals surface area (Å²) in [7, 11) is 0. The molecule has 404 valence electrons. The molecule has 0 aliphatic carbocycles. The molecule has 0 N–H and O–H groups in total. The van der Waals surface area contributed by atoms with Gasteiger partial charge in [0.15, 0.2) is 0 Å². The molecule has 70 heavy (non-hydrogen) atoms. The third kappa shape index (κ3) is 28.5. The molecule has 0 fully saturated rings. The van der Waals surface area contributed by atoms with Crippen LogP contribution in [0.2, 0.25) is 0 Å². The largest absolute Gasteiger partial charge is 2.00 e. The second-order valence-electron chi connectivity index (χ2n) is 20.9. The van der Waals surface area contributed by atoms with Gasteiger partial charge in [-0.2, -0.15) is 12.8 Å². The molecule has 0 saturated carbocycles. The van der Waals surface area contributed by atoms with Gasteiger partial charge < -0.3 is 19.4 Å². The Hall–Kier alpha value is -1.99. The van der Waals surface area contributed by atoms with E-state index in [1.54, 1.807) is 10.3 Å². The zero-order valence-corrected chi connectivity index (χ0v) is 49.3. The van der Waals surface area contributed by atoms with Crippen molar-refractivity contribution in [1.82, 2.24) is 0 Å². The minimum absolute atomic E-state index is 0. The first-order valence-electron chi connectivity index (χ1n) is 30.6. The van der Waals surface area contributed by atoms with Crippen LogP contribution in [-0.4, -0.2) is 4.70 Å². The fourth-order valence-corrected chi connectivity index (χ4v) is 10.4. The fraction of sp³-hybridized carbons (Fsp3) is 0.731. The molecule has 0 bridgehead atoms. The number of allylic oxidation sites excluding steroid dienone is 2. The van der Waals surface area contributed by atoms with E-state index in [2.05, 4.69) is 107 Å². The van der Waals surface area contributed by atoms with E-state index in [1.165, 1.54) is 232 Å². The van der Waals surface area contributed by atoms with Gasteiger partial charge in [0.1, 0.15) is 0 Å². The predicted octanol–water partition coefficient (Wildman–Crippen LogP) is 22.8. The van der Waals surface area contributed by atoms with Crippen LogP contribution in [0.25, 0.3) is 16.9 Å². The van der Waals surface area contributed by atoms with E-state index >= 15 is 0 Å². The summed E-state index contributed by atoms with van der Waals surface area (Å²) in [6.45, 7) is 28.2. The van der Waals surface area contributed by atoms with Crippen molar-refractivity contribution in [2.75, 3.05) is 0 Å². The van der Waals surface area contributed by atoms with Gasteiger partial charge in [0.05, 0.1) is 0 Å². The fourth-order valence-electron chi connectivity index (χ4n) is 10.4. The van der Waals surface area contributed by atoms with Crippen LogP contribution in [0, 0.1) is 13.8 Å². The van der Waals surface area contributed by atoms with Gasteiger partial charge in [-0.3, -0.25) is 0 Å². The normalized spacial score (nSPS) is 12.2. The summed E-state index contributed by atoms with van der Waals surface area (Å²) in [5, 5.41) is 0. The minimum Gasteiger partial charge on any atom is -0.493 e. The first kappa shape index (κ1) is 68.0. The summed E-state index contributed by atoms with van der Waals surface area (Å²) in [6.07, 6.45) is 54.3. The molecule has 3 rings (SSSR count). The van der Waals surface area contributed by atoms with Crippen LogP contribution in [-0.2, 0) is 55.0 Å². The van der Waals surface area contributed by atoms with Crippen LogP contribution in [0.1, 0.15) is 325 Å². The molecule has 1 heterocycles. The van der Waals surface area contributed by atoms with E-state index in [9.17, 15) is 5.53 Å². The monoisotopic (exact) mass is 1010 g/mol. The van der Waals surface area contributed by atoms with Gasteiger partial charge in [0, 0.05) is 22.8 Å². The van der Waals surface area contributed by atoms with Gasteiger partial charge in [-0.25, -0.2) is 4.70 Å². The van der Waals surface area contributed by atoms with Crippen molar-refractivity contribution in [3.05, 3.63) is 99.8 Å². The van der Waals surface area contributed by atoms with Crippen LogP contribution >= 0.6 is 0 Å². The maximum atomic E-state index is 12.0. The van der Waals surface area contributed by atoms with Crippen LogP contribution in [0.4, 0.5) is 0 Å². The Bertz CT molecular complexity index is 1530. The number of hydrogen-bond acceptors (Lipinski definition) is 0. The Kier molecular flexibility index (Phi) is 45.4. The van der Waals surface area contributed by atoms with Crippen LogP contribution in [0.5, 0.6) is 0 Å². The molecule has 3 heteroatoms. The molecule has 0 radical (unpaired) electrons. The number of benzene rings is 2. The Balaban J connectivity index is 0.00000144. The molecule has 0 spiro atoms. The topological polar surface area (TPSA) is 25.3 Å². The maximum absolute atomic E-state index is 12.0. The van der Waals surface area contributed by atoms with Gasteiger partial charge in [-0.15, -0.1) is 0 Å². The molecule has 0 aromatic heterocycles. The van der Waals surface area contributed by atoms with E-state index in [0.29, 0.717) is 0 Å². The average molecular weight is 1010 g/mol. The van der Waals surface area contributed by atoms with Crippen molar-refractivity contribution in [3.8, 4) is 0 Å². The molecule has 0 atom stereocenters. The van der Waals surface area contributed by atoms with Crippen LogP contribution in [0.3, 0.4) is 0 Å². The molecule has 2 aromatic rings. The molecular weight excluding hydrogens is 891 g/mol. The van der Waals surface area contributed by atoms with Crippen molar-refractivity contribution in [1.29, 1.82) is 0 Å². The van der Waals surface area contributed by atoms with Crippen LogP contribution in [0.15, 0.2) is 35.9 Å². The van der Waals surface area contributed by atoms with E-state index in [1.807, 2.05) is 0 Å². The van der Waals surface area contributed by atoms with Gasteiger partial charge in [-0.05, 0) is 128 Å². The number of rotatable bonds is 40. The van der Waals surface area contributed by atoms with E-state index in [-0.39, 0.29) is 16.5 Å². The summed E-state index contributed by atoms with van der Waals surface area (Å²) < 4.78 is 1.56. The SMILES string of the molecule is CCCCCc1cc(C2=C(CCCC)C=C(c3cc(CC)c(CC)c(CC)c3)[N+]2=[N-])cc(CCCCC)c1CCCCC.[CH2-]CCCCCCCCCCCC.[CH2-]CCCCCCCCCCCC.[Ni+2]. The van der Waals surface area contributed by atoms with Crippen molar-refractivity contribution in [2.24, 2.45) is 0 Å². The number of aryl methyl sites for hydroxylation is 4.